The van der Waals surface area contributed by atoms with E-state index in [2.05, 4.69) is 10.0 Å². The number of nitrogens with zero attached hydrogens (tertiary/aromatic N) is 1. The first-order chi connectivity index (χ1) is 8.45. The van der Waals surface area contributed by atoms with Gasteiger partial charge in [-0.2, -0.15) is 0 Å². The number of likely N-dealkylation sites (N-methyl/N-ethyl adjacent to an activating group) is 1. The van der Waals surface area contributed by atoms with Crippen molar-refractivity contribution in [2.45, 2.75) is 11.4 Å². The van der Waals surface area contributed by atoms with E-state index in [1.807, 2.05) is 31.1 Å². The van der Waals surface area contributed by atoms with Crippen molar-refractivity contribution in [3.8, 4) is 0 Å². The van der Waals surface area contributed by atoms with Gasteiger partial charge in [0.1, 0.15) is 0 Å². The van der Waals surface area contributed by atoms with Crippen LogP contribution in [0.5, 0.6) is 0 Å². The van der Waals surface area contributed by atoms with Crippen LogP contribution in [-0.4, -0.2) is 47.6 Å². The van der Waals surface area contributed by atoms with E-state index in [9.17, 15) is 8.42 Å². The molecule has 19 heavy (non-hydrogen) atoms. The number of benzene rings is 1. The number of halogens is 1. The first-order valence-corrected chi connectivity index (χ1v) is 7.32. The van der Waals surface area contributed by atoms with Crippen LogP contribution in [-0.2, 0) is 16.6 Å². The molecule has 110 valence electrons. The molecule has 0 atom stereocenters. The molecule has 0 aromatic heterocycles. The lowest BCUT2D eigenvalue weighted by Gasteiger charge is -2.10. The van der Waals surface area contributed by atoms with Gasteiger partial charge in [0.2, 0.25) is 10.0 Å². The third-order valence-electron chi connectivity index (χ3n) is 2.40. The zero-order chi connectivity index (χ0) is 13.6. The molecule has 0 spiro atoms. The van der Waals surface area contributed by atoms with Crippen LogP contribution in [0.25, 0.3) is 0 Å². The van der Waals surface area contributed by atoms with Gasteiger partial charge in [0, 0.05) is 19.6 Å². The van der Waals surface area contributed by atoms with Crippen molar-refractivity contribution in [2.75, 3.05) is 34.2 Å². The Kier molecular flexibility index (Phi) is 8.20. The van der Waals surface area contributed by atoms with E-state index in [1.54, 1.807) is 19.2 Å². The van der Waals surface area contributed by atoms with Gasteiger partial charge in [-0.05, 0) is 38.8 Å². The maximum atomic E-state index is 11.9. The van der Waals surface area contributed by atoms with E-state index in [0.29, 0.717) is 18.0 Å². The van der Waals surface area contributed by atoms with Gasteiger partial charge in [-0.1, -0.05) is 12.1 Å². The van der Waals surface area contributed by atoms with Crippen LogP contribution in [0.4, 0.5) is 0 Å². The van der Waals surface area contributed by atoms with Crippen molar-refractivity contribution in [2.24, 2.45) is 0 Å². The van der Waals surface area contributed by atoms with Gasteiger partial charge in [0.15, 0.2) is 0 Å². The second kappa shape index (κ2) is 8.50. The van der Waals surface area contributed by atoms with Crippen molar-refractivity contribution < 1.29 is 8.42 Å². The Morgan fingerprint density at radius 2 is 1.68 bits per heavy atom. The van der Waals surface area contributed by atoms with Gasteiger partial charge in [-0.3, -0.25) is 0 Å². The SMILES string of the molecule is CNCCNS(=O)(=O)c1ccc(CN(C)C)cc1.Cl. The third kappa shape index (κ3) is 6.35. The number of rotatable bonds is 7. The molecule has 0 unspecified atom stereocenters. The van der Waals surface area contributed by atoms with Crippen LogP contribution in [0.3, 0.4) is 0 Å². The summed E-state index contributed by atoms with van der Waals surface area (Å²) in [5.74, 6) is 0. The number of hydrogen-bond acceptors (Lipinski definition) is 4. The second-order valence-corrected chi connectivity index (χ2v) is 6.15. The van der Waals surface area contributed by atoms with Gasteiger partial charge in [0.05, 0.1) is 4.90 Å². The monoisotopic (exact) mass is 307 g/mol. The lowest BCUT2D eigenvalue weighted by atomic mass is 10.2. The van der Waals surface area contributed by atoms with Gasteiger partial charge in [-0.15, -0.1) is 12.4 Å². The van der Waals surface area contributed by atoms with Crippen molar-refractivity contribution in [1.82, 2.24) is 14.9 Å². The summed E-state index contributed by atoms with van der Waals surface area (Å²) in [5.41, 5.74) is 1.09. The molecule has 0 radical (unpaired) electrons. The van der Waals surface area contributed by atoms with Crippen molar-refractivity contribution in [3.05, 3.63) is 29.8 Å². The molecule has 2 N–H and O–H groups in total. The smallest absolute Gasteiger partial charge is 0.240 e. The Morgan fingerprint density at radius 1 is 1.11 bits per heavy atom. The highest BCUT2D eigenvalue weighted by atomic mass is 35.5. The molecule has 1 rings (SSSR count). The Bertz CT molecular complexity index is 460. The van der Waals surface area contributed by atoms with Crippen molar-refractivity contribution in [1.29, 1.82) is 0 Å². The average Bonchev–Trinajstić information content (AvgIpc) is 2.29. The summed E-state index contributed by atoms with van der Waals surface area (Å²) in [4.78, 5) is 2.34. The lowest BCUT2D eigenvalue weighted by molar-refractivity contribution is 0.402. The highest BCUT2D eigenvalue weighted by molar-refractivity contribution is 7.89. The second-order valence-electron chi connectivity index (χ2n) is 4.38. The van der Waals surface area contributed by atoms with Crippen LogP contribution in [0.2, 0.25) is 0 Å². The Labute approximate surface area is 121 Å². The Balaban J connectivity index is 0.00000324. The predicted molar refractivity (Wildman–Crippen MR) is 80.2 cm³/mol. The standard InChI is InChI=1S/C12H21N3O2S.ClH/c1-13-8-9-14-18(16,17)12-6-4-11(5-7-12)10-15(2)3;/h4-7,13-14H,8-10H2,1-3H3;1H. The fourth-order valence-corrected chi connectivity index (χ4v) is 2.56. The van der Waals surface area contributed by atoms with Gasteiger partial charge in [-0.25, -0.2) is 13.1 Å². The zero-order valence-corrected chi connectivity index (χ0v) is 13.1. The molecule has 0 saturated heterocycles. The summed E-state index contributed by atoms with van der Waals surface area (Å²) in [6.45, 7) is 1.80. The quantitative estimate of drug-likeness (QED) is 0.727. The van der Waals surface area contributed by atoms with Gasteiger partial charge >= 0.3 is 0 Å². The largest absolute Gasteiger partial charge is 0.318 e. The number of sulfonamides is 1. The lowest BCUT2D eigenvalue weighted by Crippen LogP contribution is -2.30. The van der Waals surface area contributed by atoms with Crippen LogP contribution in [0.1, 0.15) is 5.56 Å². The summed E-state index contributed by atoms with van der Waals surface area (Å²) in [5, 5.41) is 2.89. The molecule has 0 saturated carbocycles. The molecule has 0 aliphatic rings. The molecule has 0 amide bonds. The van der Waals surface area contributed by atoms with Crippen LogP contribution < -0.4 is 10.0 Å². The van der Waals surface area contributed by atoms with Crippen LogP contribution in [0.15, 0.2) is 29.2 Å². The highest BCUT2D eigenvalue weighted by Crippen LogP contribution is 2.11. The van der Waals surface area contributed by atoms with E-state index in [-0.39, 0.29) is 12.4 Å². The first-order valence-electron chi connectivity index (χ1n) is 5.83. The highest BCUT2D eigenvalue weighted by Gasteiger charge is 2.12. The molecule has 0 heterocycles. The predicted octanol–water partition coefficient (Wildman–Crippen LogP) is 0.668. The van der Waals surface area contributed by atoms with E-state index in [0.717, 1.165) is 12.1 Å². The Morgan fingerprint density at radius 3 is 2.16 bits per heavy atom. The first kappa shape index (κ1) is 18.3. The molecule has 7 heteroatoms. The molecule has 0 aliphatic carbocycles. The Hall–Kier alpha value is -0.660. The van der Waals surface area contributed by atoms with Gasteiger partial charge in [0.25, 0.3) is 0 Å². The topological polar surface area (TPSA) is 61.4 Å². The fourth-order valence-electron chi connectivity index (χ4n) is 1.53. The third-order valence-corrected chi connectivity index (χ3v) is 3.88. The molecule has 0 fully saturated rings. The van der Waals surface area contributed by atoms with Crippen molar-refractivity contribution in [3.63, 3.8) is 0 Å². The summed E-state index contributed by atoms with van der Waals surface area (Å²) in [6.07, 6.45) is 0. The molecule has 5 nitrogen and oxygen atoms in total. The van der Waals surface area contributed by atoms with E-state index in [1.165, 1.54) is 0 Å². The van der Waals surface area contributed by atoms with Crippen molar-refractivity contribution >= 4 is 22.4 Å². The summed E-state index contributed by atoms with van der Waals surface area (Å²) < 4.78 is 26.3. The maximum absolute atomic E-state index is 11.9. The number of nitrogens with one attached hydrogen (secondary N) is 2. The summed E-state index contributed by atoms with van der Waals surface area (Å²) >= 11 is 0. The number of hydrogen-bond donors (Lipinski definition) is 2. The van der Waals surface area contributed by atoms with E-state index in [4.69, 9.17) is 0 Å². The summed E-state index contributed by atoms with van der Waals surface area (Å²) in [7, 11) is 2.35. The molecule has 1 aromatic carbocycles. The normalized spacial score (nSPS) is 11.4. The minimum atomic E-state index is -3.38. The van der Waals surface area contributed by atoms with Gasteiger partial charge < -0.3 is 10.2 Å². The van der Waals surface area contributed by atoms with E-state index < -0.39 is 10.0 Å². The maximum Gasteiger partial charge on any atom is 0.240 e. The van der Waals surface area contributed by atoms with Crippen LogP contribution in [0, 0.1) is 0 Å². The zero-order valence-electron chi connectivity index (χ0n) is 11.5. The molecule has 1 aromatic rings. The average molecular weight is 308 g/mol. The minimum absolute atomic E-state index is 0. The fraction of sp³-hybridized carbons (Fsp3) is 0.500. The molecular weight excluding hydrogens is 286 g/mol. The molecule has 0 aliphatic heterocycles. The minimum Gasteiger partial charge on any atom is -0.318 e. The van der Waals surface area contributed by atoms with Crippen LogP contribution >= 0.6 is 12.4 Å². The molecule has 0 bridgehead atoms. The van der Waals surface area contributed by atoms with E-state index >= 15 is 0 Å². The summed E-state index contributed by atoms with van der Waals surface area (Å²) in [6, 6.07) is 6.96. The molecular formula is C12H22ClN3O2S.